The van der Waals surface area contributed by atoms with Gasteiger partial charge in [-0.15, -0.1) is 0 Å². The van der Waals surface area contributed by atoms with Crippen LogP contribution in [0.15, 0.2) is 22.8 Å². The minimum absolute atomic E-state index is 0.0701. The molecule has 0 spiro atoms. The number of hydrogen-bond acceptors (Lipinski definition) is 2. The molecule has 11 heavy (non-hydrogen) atoms. The van der Waals surface area contributed by atoms with Crippen LogP contribution >= 0.6 is 0 Å². The number of furan rings is 1. The van der Waals surface area contributed by atoms with Gasteiger partial charge in [0.1, 0.15) is 0 Å². The molecule has 0 aliphatic heterocycles. The van der Waals surface area contributed by atoms with Crippen molar-refractivity contribution in [1.82, 2.24) is 0 Å². The Kier molecular flexibility index (Phi) is 2.34. The third-order valence-corrected chi connectivity index (χ3v) is 0.995. The van der Waals surface area contributed by atoms with E-state index < -0.39 is 5.91 Å². The number of nitrogens with two attached hydrogens (primary N) is 1. The minimum Gasteiger partial charge on any atom is -0.456 e. The van der Waals surface area contributed by atoms with Gasteiger partial charge in [0.2, 0.25) is 5.91 Å². The summed E-state index contributed by atoms with van der Waals surface area (Å²) in [6, 6.07) is 3.45. The maximum Gasteiger partial charge on any atom is 0.229 e. The third kappa shape index (κ3) is 2.59. The molecule has 2 N–H and O–H groups in total. The zero-order chi connectivity index (χ0) is 8.10. The lowest BCUT2D eigenvalue weighted by Gasteiger charge is -1.78. The van der Waals surface area contributed by atoms with E-state index in [-0.39, 0.29) is 6.42 Å². The van der Waals surface area contributed by atoms with Gasteiger partial charge in [0.05, 0.1) is 12.7 Å². The molecular formula is C8H7NO2. The first-order valence-corrected chi connectivity index (χ1v) is 3.10. The molecule has 0 aromatic carbocycles. The number of primary amides is 1. The Morgan fingerprint density at radius 2 is 2.55 bits per heavy atom. The Balaban J connectivity index is 2.52. The zero-order valence-corrected chi connectivity index (χ0v) is 5.83. The van der Waals surface area contributed by atoms with Crippen LogP contribution in [0.1, 0.15) is 12.2 Å². The highest BCUT2D eigenvalue weighted by Crippen LogP contribution is 1.95. The molecular weight excluding hydrogens is 142 g/mol. The van der Waals surface area contributed by atoms with E-state index in [2.05, 4.69) is 11.8 Å². The lowest BCUT2D eigenvalue weighted by molar-refractivity contribution is -0.117. The molecule has 0 fully saturated rings. The molecule has 1 rings (SSSR count). The molecule has 0 saturated carbocycles. The predicted molar refractivity (Wildman–Crippen MR) is 39.4 cm³/mol. The predicted octanol–water partition coefficient (Wildman–Crippen LogP) is 0.507. The van der Waals surface area contributed by atoms with Gasteiger partial charge in [-0.25, -0.2) is 0 Å². The van der Waals surface area contributed by atoms with E-state index in [0.29, 0.717) is 5.76 Å². The molecule has 0 unspecified atom stereocenters. The number of carbonyl (C=O) groups excluding carboxylic acids is 1. The summed E-state index contributed by atoms with van der Waals surface area (Å²) in [5.41, 5.74) is 4.86. The molecule has 3 heteroatoms. The van der Waals surface area contributed by atoms with Crippen LogP contribution in [0.4, 0.5) is 0 Å². The molecule has 0 radical (unpaired) electrons. The third-order valence-electron chi connectivity index (χ3n) is 0.995. The smallest absolute Gasteiger partial charge is 0.229 e. The Labute approximate surface area is 64.2 Å². The topological polar surface area (TPSA) is 56.2 Å². The first kappa shape index (κ1) is 7.42. The highest BCUT2D eigenvalue weighted by Gasteiger charge is 1.87. The quantitative estimate of drug-likeness (QED) is 0.591. The van der Waals surface area contributed by atoms with Crippen LogP contribution in [-0.4, -0.2) is 5.91 Å². The summed E-state index contributed by atoms with van der Waals surface area (Å²) in [5.74, 6) is 5.33. The zero-order valence-electron chi connectivity index (χ0n) is 5.83. The fraction of sp³-hybridized carbons (Fsp3) is 0.125. The Bertz CT molecular complexity index is 290. The van der Waals surface area contributed by atoms with Crippen molar-refractivity contribution < 1.29 is 9.21 Å². The van der Waals surface area contributed by atoms with Crippen LogP contribution in [0.5, 0.6) is 0 Å². The van der Waals surface area contributed by atoms with Crippen LogP contribution in [0.3, 0.4) is 0 Å². The van der Waals surface area contributed by atoms with Crippen LogP contribution < -0.4 is 5.73 Å². The van der Waals surface area contributed by atoms with E-state index in [4.69, 9.17) is 10.2 Å². The molecule has 1 heterocycles. The Hall–Kier alpha value is -1.69. The lowest BCUT2D eigenvalue weighted by atomic mass is 10.4. The largest absolute Gasteiger partial charge is 0.456 e. The van der Waals surface area contributed by atoms with Gasteiger partial charge in [0.25, 0.3) is 0 Å². The van der Waals surface area contributed by atoms with Crippen molar-refractivity contribution in [2.24, 2.45) is 5.73 Å². The van der Waals surface area contributed by atoms with E-state index in [1.165, 1.54) is 6.26 Å². The van der Waals surface area contributed by atoms with Crippen LogP contribution in [0.2, 0.25) is 0 Å². The lowest BCUT2D eigenvalue weighted by Crippen LogP contribution is -2.08. The van der Waals surface area contributed by atoms with Gasteiger partial charge in [-0.3, -0.25) is 4.79 Å². The molecule has 1 aromatic rings. The second-order valence-corrected chi connectivity index (χ2v) is 1.92. The van der Waals surface area contributed by atoms with Gasteiger partial charge in [0.15, 0.2) is 5.76 Å². The van der Waals surface area contributed by atoms with Crippen LogP contribution in [0, 0.1) is 11.8 Å². The van der Waals surface area contributed by atoms with E-state index in [9.17, 15) is 4.79 Å². The van der Waals surface area contributed by atoms with Crippen molar-refractivity contribution in [3.8, 4) is 11.8 Å². The molecule has 0 atom stereocenters. The fourth-order valence-corrected chi connectivity index (χ4v) is 0.568. The van der Waals surface area contributed by atoms with E-state index >= 15 is 0 Å². The van der Waals surface area contributed by atoms with Crippen molar-refractivity contribution in [3.63, 3.8) is 0 Å². The number of hydrogen-bond donors (Lipinski definition) is 1. The van der Waals surface area contributed by atoms with Crippen molar-refractivity contribution in [2.75, 3.05) is 0 Å². The van der Waals surface area contributed by atoms with E-state index in [1.807, 2.05) is 0 Å². The Morgan fingerprint density at radius 3 is 3.09 bits per heavy atom. The molecule has 3 nitrogen and oxygen atoms in total. The molecule has 1 amide bonds. The monoisotopic (exact) mass is 149 g/mol. The van der Waals surface area contributed by atoms with Crippen LogP contribution in [-0.2, 0) is 4.79 Å². The van der Waals surface area contributed by atoms with Gasteiger partial charge >= 0.3 is 0 Å². The average Bonchev–Trinajstić information content (AvgIpc) is 2.39. The summed E-state index contributed by atoms with van der Waals surface area (Å²) < 4.78 is 4.89. The number of rotatable bonds is 1. The fourth-order valence-electron chi connectivity index (χ4n) is 0.568. The normalized spacial score (nSPS) is 8.36. The summed E-state index contributed by atoms with van der Waals surface area (Å²) in [6.07, 6.45) is 1.59. The Morgan fingerprint density at radius 1 is 1.73 bits per heavy atom. The molecule has 0 aliphatic rings. The number of amides is 1. The van der Waals surface area contributed by atoms with Gasteiger partial charge < -0.3 is 10.2 Å². The van der Waals surface area contributed by atoms with E-state index in [0.717, 1.165) is 0 Å². The highest BCUT2D eigenvalue weighted by atomic mass is 16.3. The first-order valence-electron chi connectivity index (χ1n) is 3.10. The van der Waals surface area contributed by atoms with Crippen molar-refractivity contribution in [3.05, 3.63) is 24.2 Å². The SMILES string of the molecule is NC(=O)CC#Cc1ccco1. The molecule has 0 bridgehead atoms. The van der Waals surface area contributed by atoms with Gasteiger partial charge in [-0.05, 0) is 18.1 Å². The van der Waals surface area contributed by atoms with Gasteiger partial charge in [0, 0.05) is 0 Å². The van der Waals surface area contributed by atoms with Crippen molar-refractivity contribution >= 4 is 5.91 Å². The summed E-state index contributed by atoms with van der Waals surface area (Å²) in [7, 11) is 0. The van der Waals surface area contributed by atoms with Gasteiger partial charge in [-0.1, -0.05) is 5.92 Å². The summed E-state index contributed by atoms with van der Waals surface area (Å²) in [6.45, 7) is 0. The van der Waals surface area contributed by atoms with Gasteiger partial charge in [-0.2, -0.15) is 0 Å². The molecule has 56 valence electrons. The molecule has 0 aliphatic carbocycles. The maximum absolute atomic E-state index is 10.2. The van der Waals surface area contributed by atoms with Crippen molar-refractivity contribution in [2.45, 2.75) is 6.42 Å². The second kappa shape index (κ2) is 3.47. The van der Waals surface area contributed by atoms with Crippen molar-refractivity contribution in [1.29, 1.82) is 0 Å². The standard InChI is InChI=1S/C8H7NO2/c9-8(10)5-1-3-7-4-2-6-11-7/h2,4,6H,5H2,(H2,9,10). The molecule has 1 aromatic heterocycles. The van der Waals surface area contributed by atoms with E-state index in [1.54, 1.807) is 12.1 Å². The summed E-state index contributed by atoms with van der Waals surface area (Å²) in [5, 5.41) is 0. The number of carbonyl (C=O) groups is 1. The maximum atomic E-state index is 10.2. The summed E-state index contributed by atoms with van der Waals surface area (Å²) in [4.78, 5) is 10.2. The summed E-state index contributed by atoms with van der Waals surface area (Å²) >= 11 is 0. The van der Waals surface area contributed by atoms with Crippen LogP contribution in [0.25, 0.3) is 0 Å². The first-order chi connectivity index (χ1) is 5.29. The second-order valence-electron chi connectivity index (χ2n) is 1.92. The minimum atomic E-state index is -0.427. The highest BCUT2D eigenvalue weighted by molar-refractivity contribution is 5.76. The average molecular weight is 149 g/mol. The molecule has 0 saturated heterocycles.